The molecule has 1 aliphatic carbocycles. The molecule has 0 amide bonds. The largest absolute Gasteiger partial charge is 0.311 e. The SMILES string of the molecule is CN1CCC(NC2CCCC(C(C)(C)C)CC2)CC1. The Kier molecular flexibility index (Phi) is 5.30. The van der Waals surface area contributed by atoms with Crippen molar-refractivity contribution < 1.29 is 0 Å². The first kappa shape index (κ1) is 15.3. The second kappa shape index (κ2) is 6.58. The van der Waals surface area contributed by atoms with Crippen molar-refractivity contribution in [2.45, 2.75) is 77.8 Å². The van der Waals surface area contributed by atoms with Crippen LogP contribution in [0.3, 0.4) is 0 Å². The first-order valence-corrected chi connectivity index (χ1v) is 8.40. The standard InChI is InChI=1S/C17H34N2/c1-17(2,3)14-6-5-7-15(9-8-14)18-16-10-12-19(4)13-11-16/h14-16,18H,5-13H2,1-4H3. The molecule has 0 bridgehead atoms. The molecule has 112 valence electrons. The highest BCUT2D eigenvalue weighted by atomic mass is 15.1. The maximum absolute atomic E-state index is 3.96. The quantitative estimate of drug-likeness (QED) is 0.767. The molecule has 0 aromatic rings. The van der Waals surface area contributed by atoms with Crippen LogP contribution in [0.25, 0.3) is 0 Å². The second-order valence-electron chi connectivity index (χ2n) is 8.01. The van der Waals surface area contributed by atoms with Gasteiger partial charge in [0.05, 0.1) is 0 Å². The summed E-state index contributed by atoms with van der Waals surface area (Å²) in [5, 5.41) is 3.96. The zero-order valence-electron chi connectivity index (χ0n) is 13.5. The number of likely N-dealkylation sites (tertiary alicyclic amines) is 1. The lowest BCUT2D eigenvalue weighted by molar-refractivity contribution is 0.206. The van der Waals surface area contributed by atoms with Crippen molar-refractivity contribution in [3.8, 4) is 0 Å². The molecular formula is C17H34N2. The van der Waals surface area contributed by atoms with Crippen molar-refractivity contribution in [2.75, 3.05) is 20.1 Å². The van der Waals surface area contributed by atoms with Crippen LogP contribution in [-0.2, 0) is 0 Å². The molecule has 1 saturated carbocycles. The Hall–Kier alpha value is -0.0800. The van der Waals surface area contributed by atoms with E-state index >= 15 is 0 Å². The molecule has 0 aromatic heterocycles. The van der Waals surface area contributed by atoms with Gasteiger partial charge >= 0.3 is 0 Å². The molecule has 0 spiro atoms. The lowest BCUT2D eigenvalue weighted by atomic mass is 9.76. The summed E-state index contributed by atoms with van der Waals surface area (Å²) in [6.07, 6.45) is 9.77. The number of piperidine rings is 1. The Morgan fingerprint density at radius 3 is 2.11 bits per heavy atom. The van der Waals surface area contributed by atoms with Crippen LogP contribution in [-0.4, -0.2) is 37.1 Å². The number of nitrogens with zero attached hydrogens (tertiary/aromatic N) is 1. The van der Waals surface area contributed by atoms with Gasteiger partial charge in [-0.05, 0) is 70.0 Å². The number of rotatable bonds is 2. The van der Waals surface area contributed by atoms with Gasteiger partial charge in [0.25, 0.3) is 0 Å². The summed E-state index contributed by atoms with van der Waals surface area (Å²) in [4.78, 5) is 2.46. The lowest BCUT2D eigenvalue weighted by Gasteiger charge is -2.33. The fourth-order valence-corrected chi connectivity index (χ4v) is 3.84. The molecule has 1 aliphatic heterocycles. The molecule has 2 fully saturated rings. The van der Waals surface area contributed by atoms with E-state index in [2.05, 4.69) is 38.0 Å². The van der Waals surface area contributed by atoms with Gasteiger partial charge in [0.2, 0.25) is 0 Å². The molecule has 19 heavy (non-hydrogen) atoms. The maximum Gasteiger partial charge on any atom is 0.00939 e. The number of hydrogen-bond donors (Lipinski definition) is 1. The Morgan fingerprint density at radius 1 is 0.842 bits per heavy atom. The zero-order valence-corrected chi connectivity index (χ0v) is 13.5. The predicted molar refractivity (Wildman–Crippen MR) is 83.5 cm³/mol. The van der Waals surface area contributed by atoms with E-state index in [-0.39, 0.29) is 0 Å². The van der Waals surface area contributed by atoms with Crippen molar-refractivity contribution >= 4 is 0 Å². The van der Waals surface area contributed by atoms with E-state index in [1.165, 1.54) is 58.0 Å². The third-order valence-corrected chi connectivity index (χ3v) is 5.38. The average Bonchev–Trinajstić information content (AvgIpc) is 2.57. The van der Waals surface area contributed by atoms with Gasteiger partial charge in [-0.3, -0.25) is 0 Å². The van der Waals surface area contributed by atoms with Crippen molar-refractivity contribution in [2.24, 2.45) is 11.3 Å². The van der Waals surface area contributed by atoms with Gasteiger partial charge < -0.3 is 10.2 Å². The van der Waals surface area contributed by atoms with Crippen molar-refractivity contribution in [3.63, 3.8) is 0 Å². The van der Waals surface area contributed by atoms with E-state index < -0.39 is 0 Å². The van der Waals surface area contributed by atoms with Crippen LogP contribution in [0.2, 0.25) is 0 Å². The van der Waals surface area contributed by atoms with Gasteiger partial charge in [0, 0.05) is 12.1 Å². The Bertz CT molecular complexity index is 261. The van der Waals surface area contributed by atoms with Gasteiger partial charge in [-0.15, -0.1) is 0 Å². The van der Waals surface area contributed by atoms with Crippen LogP contribution in [0.5, 0.6) is 0 Å². The molecule has 0 radical (unpaired) electrons. The van der Waals surface area contributed by atoms with E-state index in [0.29, 0.717) is 5.41 Å². The minimum absolute atomic E-state index is 0.502. The molecule has 2 rings (SSSR count). The summed E-state index contributed by atoms with van der Waals surface area (Å²) in [6.45, 7) is 9.80. The number of nitrogens with one attached hydrogen (secondary N) is 1. The van der Waals surface area contributed by atoms with E-state index in [0.717, 1.165) is 18.0 Å². The zero-order chi connectivity index (χ0) is 13.9. The minimum atomic E-state index is 0.502. The van der Waals surface area contributed by atoms with Crippen LogP contribution in [0.1, 0.15) is 65.7 Å². The van der Waals surface area contributed by atoms with Crippen LogP contribution in [0.4, 0.5) is 0 Å². The summed E-state index contributed by atoms with van der Waals surface area (Å²) in [7, 11) is 2.25. The van der Waals surface area contributed by atoms with Gasteiger partial charge in [0.15, 0.2) is 0 Å². The molecule has 0 aromatic carbocycles. The normalized spacial score (nSPS) is 32.2. The van der Waals surface area contributed by atoms with E-state index in [9.17, 15) is 0 Å². The summed E-state index contributed by atoms with van der Waals surface area (Å²) in [5.41, 5.74) is 0.502. The predicted octanol–water partition coefficient (Wildman–Crippen LogP) is 3.67. The molecule has 1 saturated heterocycles. The maximum atomic E-state index is 3.96. The molecule has 1 N–H and O–H groups in total. The highest BCUT2D eigenvalue weighted by Crippen LogP contribution is 2.36. The smallest absolute Gasteiger partial charge is 0.00939 e. The first-order valence-electron chi connectivity index (χ1n) is 8.40. The monoisotopic (exact) mass is 266 g/mol. The molecule has 2 nitrogen and oxygen atoms in total. The van der Waals surface area contributed by atoms with E-state index in [1.807, 2.05) is 0 Å². The Morgan fingerprint density at radius 2 is 1.47 bits per heavy atom. The minimum Gasteiger partial charge on any atom is -0.311 e. The summed E-state index contributed by atoms with van der Waals surface area (Å²) >= 11 is 0. The average molecular weight is 266 g/mol. The van der Waals surface area contributed by atoms with E-state index in [1.54, 1.807) is 0 Å². The van der Waals surface area contributed by atoms with Crippen molar-refractivity contribution in [1.82, 2.24) is 10.2 Å². The van der Waals surface area contributed by atoms with Crippen molar-refractivity contribution in [3.05, 3.63) is 0 Å². The van der Waals surface area contributed by atoms with Crippen LogP contribution < -0.4 is 5.32 Å². The molecule has 2 unspecified atom stereocenters. The fraction of sp³-hybridized carbons (Fsp3) is 1.00. The van der Waals surface area contributed by atoms with Crippen molar-refractivity contribution in [1.29, 1.82) is 0 Å². The first-order chi connectivity index (χ1) is 8.95. The van der Waals surface area contributed by atoms with Crippen LogP contribution >= 0.6 is 0 Å². The highest BCUT2D eigenvalue weighted by Gasteiger charge is 2.28. The van der Waals surface area contributed by atoms with Gasteiger partial charge in [-0.2, -0.15) is 0 Å². The topological polar surface area (TPSA) is 15.3 Å². The summed E-state index contributed by atoms with van der Waals surface area (Å²) < 4.78 is 0. The molecular weight excluding hydrogens is 232 g/mol. The summed E-state index contributed by atoms with van der Waals surface area (Å²) in [6, 6.07) is 1.58. The third kappa shape index (κ3) is 4.75. The summed E-state index contributed by atoms with van der Waals surface area (Å²) in [5.74, 6) is 0.928. The van der Waals surface area contributed by atoms with Gasteiger partial charge in [0.1, 0.15) is 0 Å². The van der Waals surface area contributed by atoms with E-state index in [4.69, 9.17) is 0 Å². The second-order valence-corrected chi connectivity index (χ2v) is 8.01. The number of hydrogen-bond acceptors (Lipinski definition) is 2. The fourth-order valence-electron chi connectivity index (χ4n) is 3.84. The molecule has 2 aliphatic rings. The molecule has 2 atom stereocenters. The third-order valence-electron chi connectivity index (χ3n) is 5.38. The van der Waals surface area contributed by atoms with Gasteiger partial charge in [-0.1, -0.05) is 27.2 Å². The Balaban J connectivity index is 1.76. The van der Waals surface area contributed by atoms with Crippen LogP contribution in [0, 0.1) is 11.3 Å². The Labute approximate surface area is 120 Å². The molecule has 1 heterocycles. The van der Waals surface area contributed by atoms with Crippen LogP contribution in [0.15, 0.2) is 0 Å². The van der Waals surface area contributed by atoms with Gasteiger partial charge in [-0.25, -0.2) is 0 Å². The highest BCUT2D eigenvalue weighted by molar-refractivity contribution is 4.84. The molecule has 2 heteroatoms. The lowest BCUT2D eigenvalue weighted by Crippen LogP contribution is -2.45.